The van der Waals surface area contributed by atoms with Crippen LogP contribution in [0.2, 0.25) is 0 Å². The molecule has 0 aliphatic carbocycles. The van der Waals surface area contributed by atoms with Crippen molar-refractivity contribution in [3.05, 3.63) is 71.0 Å². The van der Waals surface area contributed by atoms with Crippen molar-refractivity contribution >= 4 is 21.8 Å². The van der Waals surface area contributed by atoms with Crippen LogP contribution in [0.25, 0.3) is 21.8 Å². The third-order valence-electron chi connectivity index (χ3n) is 4.37. The van der Waals surface area contributed by atoms with Crippen LogP contribution in [0.1, 0.15) is 22.3 Å². The van der Waals surface area contributed by atoms with Gasteiger partial charge in [-0.1, -0.05) is 24.3 Å². The number of fused-ring (bicyclic) bond motifs is 2. The van der Waals surface area contributed by atoms with Crippen molar-refractivity contribution in [2.75, 3.05) is 0 Å². The molecule has 0 aliphatic rings. The Morgan fingerprint density at radius 2 is 1.19 bits per heavy atom. The Bertz CT molecular complexity index is 863. The monoisotopic (exact) mass is 274 g/mol. The van der Waals surface area contributed by atoms with Crippen molar-refractivity contribution in [2.24, 2.45) is 0 Å². The molecule has 0 amide bonds. The van der Waals surface area contributed by atoms with Gasteiger partial charge in [0.2, 0.25) is 0 Å². The summed E-state index contributed by atoms with van der Waals surface area (Å²) in [7, 11) is 0. The van der Waals surface area contributed by atoms with E-state index in [4.69, 9.17) is 0 Å². The smallest absolute Gasteiger partial charge is 0.0459 e. The highest BCUT2D eigenvalue weighted by Crippen LogP contribution is 2.28. The summed E-state index contributed by atoms with van der Waals surface area (Å²) in [6.45, 7) is 4.36. The Kier molecular flexibility index (Phi) is 2.64. The summed E-state index contributed by atoms with van der Waals surface area (Å²) in [6.07, 6.45) is 5.25. The third kappa shape index (κ3) is 1.87. The van der Waals surface area contributed by atoms with Crippen LogP contribution < -0.4 is 0 Å². The second kappa shape index (κ2) is 4.52. The summed E-state index contributed by atoms with van der Waals surface area (Å²) in [4.78, 5) is 6.79. The standard InChI is InChI=1S/C19H18N2/c1-12-5-3-7-16-18(12)14(10-20-16)9-15-11-21-17-8-4-6-13(2)19(15)17/h3-8,10-11,20-21H,9H2,1-2H3. The van der Waals surface area contributed by atoms with Gasteiger partial charge >= 0.3 is 0 Å². The van der Waals surface area contributed by atoms with Crippen LogP contribution in [0.15, 0.2) is 48.8 Å². The maximum absolute atomic E-state index is 3.39. The van der Waals surface area contributed by atoms with Gasteiger partial charge in [0.05, 0.1) is 0 Å². The quantitative estimate of drug-likeness (QED) is 0.523. The molecule has 0 unspecified atom stereocenters. The molecular weight excluding hydrogens is 256 g/mol. The lowest BCUT2D eigenvalue weighted by Crippen LogP contribution is -1.88. The van der Waals surface area contributed by atoms with Crippen LogP contribution in [0.5, 0.6) is 0 Å². The molecule has 0 bridgehead atoms. The molecule has 2 heterocycles. The molecule has 4 rings (SSSR count). The van der Waals surface area contributed by atoms with Crippen LogP contribution in [-0.4, -0.2) is 9.97 Å². The van der Waals surface area contributed by atoms with Crippen molar-refractivity contribution in [1.82, 2.24) is 9.97 Å². The molecular formula is C19H18N2. The van der Waals surface area contributed by atoms with Crippen molar-refractivity contribution in [2.45, 2.75) is 20.3 Å². The first-order chi connectivity index (χ1) is 10.2. The minimum Gasteiger partial charge on any atom is -0.361 e. The number of hydrogen-bond acceptors (Lipinski definition) is 0. The Labute approximate surface area is 123 Å². The van der Waals surface area contributed by atoms with E-state index in [-0.39, 0.29) is 0 Å². The first-order valence-corrected chi connectivity index (χ1v) is 7.35. The number of hydrogen-bond donors (Lipinski definition) is 2. The fourth-order valence-corrected chi connectivity index (χ4v) is 3.39. The highest BCUT2D eigenvalue weighted by atomic mass is 14.7. The number of rotatable bonds is 2. The molecule has 0 saturated heterocycles. The second-order valence-corrected chi connectivity index (χ2v) is 5.80. The van der Waals surface area contributed by atoms with Gasteiger partial charge in [-0.3, -0.25) is 0 Å². The van der Waals surface area contributed by atoms with E-state index in [2.05, 4.69) is 72.6 Å². The molecule has 2 aromatic heterocycles. The maximum atomic E-state index is 3.39. The van der Waals surface area contributed by atoms with Crippen LogP contribution in [0.4, 0.5) is 0 Å². The molecule has 0 atom stereocenters. The molecule has 21 heavy (non-hydrogen) atoms. The van der Waals surface area contributed by atoms with Gasteiger partial charge in [0.1, 0.15) is 0 Å². The van der Waals surface area contributed by atoms with E-state index >= 15 is 0 Å². The topological polar surface area (TPSA) is 31.6 Å². The Hall–Kier alpha value is -2.48. The summed E-state index contributed by atoms with van der Waals surface area (Å²) in [5.74, 6) is 0. The van der Waals surface area contributed by atoms with E-state index in [0.717, 1.165) is 6.42 Å². The fourth-order valence-electron chi connectivity index (χ4n) is 3.39. The van der Waals surface area contributed by atoms with E-state index in [1.165, 1.54) is 44.1 Å². The van der Waals surface area contributed by atoms with Gasteiger partial charge in [-0.15, -0.1) is 0 Å². The van der Waals surface area contributed by atoms with E-state index in [1.54, 1.807) is 0 Å². The lowest BCUT2D eigenvalue weighted by molar-refractivity contribution is 1.21. The zero-order valence-electron chi connectivity index (χ0n) is 12.3. The molecule has 2 N–H and O–H groups in total. The van der Waals surface area contributed by atoms with Crippen molar-refractivity contribution in [3.63, 3.8) is 0 Å². The first kappa shape index (κ1) is 12.3. The van der Waals surface area contributed by atoms with Gasteiger partial charge in [0.25, 0.3) is 0 Å². The Morgan fingerprint density at radius 1 is 0.714 bits per heavy atom. The summed E-state index contributed by atoms with van der Waals surface area (Å²) >= 11 is 0. The van der Waals surface area contributed by atoms with Crippen LogP contribution >= 0.6 is 0 Å². The number of H-pyrrole nitrogens is 2. The van der Waals surface area contributed by atoms with Gasteiger partial charge < -0.3 is 9.97 Å². The van der Waals surface area contributed by atoms with Gasteiger partial charge in [-0.2, -0.15) is 0 Å². The second-order valence-electron chi connectivity index (χ2n) is 5.80. The fraction of sp³-hybridized carbons (Fsp3) is 0.158. The lowest BCUT2D eigenvalue weighted by atomic mass is 9.99. The first-order valence-electron chi connectivity index (χ1n) is 7.35. The summed E-state index contributed by atoms with van der Waals surface area (Å²) in [6, 6.07) is 12.9. The van der Waals surface area contributed by atoms with Crippen LogP contribution in [0.3, 0.4) is 0 Å². The normalized spacial score (nSPS) is 11.5. The Morgan fingerprint density at radius 3 is 1.67 bits per heavy atom. The number of aryl methyl sites for hydroxylation is 2. The Balaban J connectivity index is 1.87. The average molecular weight is 274 g/mol. The summed E-state index contributed by atoms with van der Waals surface area (Å²) < 4.78 is 0. The molecule has 104 valence electrons. The average Bonchev–Trinajstić information content (AvgIpc) is 3.06. The molecule has 0 aliphatic heterocycles. The molecule has 0 radical (unpaired) electrons. The largest absolute Gasteiger partial charge is 0.361 e. The maximum Gasteiger partial charge on any atom is 0.0459 e. The number of benzene rings is 2. The lowest BCUT2D eigenvalue weighted by Gasteiger charge is -2.03. The van der Waals surface area contributed by atoms with Gasteiger partial charge in [-0.05, 0) is 48.2 Å². The van der Waals surface area contributed by atoms with E-state index in [1.807, 2.05) is 0 Å². The highest BCUT2D eigenvalue weighted by molar-refractivity contribution is 5.90. The minimum atomic E-state index is 0.954. The van der Waals surface area contributed by atoms with Crippen molar-refractivity contribution in [1.29, 1.82) is 0 Å². The molecule has 2 heteroatoms. The molecule has 4 aromatic rings. The number of aromatic amines is 2. The molecule has 0 saturated carbocycles. The predicted octanol–water partition coefficient (Wildman–Crippen LogP) is 4.86. The van der Waals surface area contributed by atoms with E-state index < -0.39 is 0 Å². The minimum absolute atomic E-state index is 0.954. The van der Waals surface area contributed by atoms with Gasteiger partial charge in [-0.25, -0.2) is 0 Å². The molecule has 0 fully saturated rings. The van der Waals surface area contributed by atoms with Gasteiger partial charge in [0.15, 0.2) is 0 Å². The van der Waals surface area contributed by atoms with Crippen LogP contribution in [-0.2, 0) is 6.42 Å². The molecule has 0 spiro atoms. The summed E-state index contributed by atoms with van der Waals surface area (Å²) in [5, 5.41) is 2.72. The van der Waals surface area contributed by atoms with Crippen LogP contribution in [0, 0.1) is 13.8 Å². The summed E-state index contributed by atoms with van der Waals surface area (Å²) in [5.41, 5.74) is 7.85. The highest BCUT2D eigenvalue weighted by Gasteiger charge is 2.11. The molecule has 2 aromatic carbocycles. The number of nitrogens with one attached hydrogen (secondary N) is 2. The SMILES string of the molecule is Cc1cccc2[nH]cc(Cc3c[nH]c4cccc(C)c34)c12. The predicted molar refractivity (Wildman–Crippen MR) is 88.9 cm³/mol. The number of aromatic nitrogens is 2. The van der Waals surface area contributed by atoms with Gasteiger partial charge in [0, 0.05) is 40.6 Å². The zero-order chi connectivity index (χ0) is 14.4. The van der Waals surface area contributed by atoms with Crippen molar-refractivity contribution < 1.29 is 0 Å². The van der Waals surface area contributed by atoms with E-state index in [0.29, 0.717) is 0 Å². The van der Waals surface area contributed by atoms with E-state index in [9.17, 15) is 0 Å². The zero-order valence-corrected chi connectivity index (χ0v) is 12.3. The van der Waals surface area contributed by atoms with Crippen molar-refractivity contribution in [3.8, 4) is 0 Å². The third-order valence-corrected chi connectivity index (χ3v) is 4.37. The molecule has 2 nitrogen and oxygen atoms in total.